The number of rotatable bonds is 1. The molecule has 0 saturated carbocycles. The highest BCUT2D eigenvalue weighted by atomic mass is 127. The minimum Gasteiger partial charge on any atom is -0.324 e. The van der Waals surface area contributed by atoms with Crippen molar-refractivity contribution in [3.8, 4) is 0 Å². The summed E-state index contributed by atoms with van der Waals surface area (Å²) in [6.45, 7) is 1.97. The summed E-state index contributed by atoms with van der Waals surface area (Å²) in [5.74, 6) is 0. The van der Waals surface area contributed by atoms with E-state index in [0.717, 1.165) is 9.13 Å². The Bertz CT molecular complexity index is 223. The van der Waals surface area contributed by atoms with Gasteiger partial charge in [-0.25, -0.2) is 0 Å². The largest absolute Gasteiger partial charge is 0.324 e. The van der Waals surface area contributed by atoms with Crippen molar-refractivity contribution >= 4 is 22.6 Å². The van der Waals surface area contributed by atoms with Gasteiger partial charge in [0.1, 0.15) is 0 Å². The smallest absolute Gasteiger partial charge is 0.0404 e. The van der Waals surface area contributed by atoms with Crippen molar-refractivity contribution in [1.82, 2.24) is 4.98 Å². The Kier molecular flexibility index (Phi) is 2.62. The lowest BCUT2D eigenvalue weighted by molar-refractivity contribution is 0.809. The summed E-state index contributed by atoms with van der Waals surface area (Å²) in [5.41, 5.74) is 6.84. The van der Waals surface area contributed by atoms with Gasteiger partial charge in [0.25, 0.3) is 0 Å². The molecule has 3 heteroatoms. The second-order valence-electron chi connectivity index (χ2n) is 2.19. The van der Waals surface area contributed by atoms with E-state index in [9.17, 15) is 0 Å². The Morgan fingerprint density at radius 2 is 2.40 bits per heavy atom. The van der Waals surface area contributed by atoms with Crippen LogP contribution in [0.3, 0.4) is 0 Å². The fourth-order valence-corrected chi connectivity index (χ4v) is 1.59. The highest BCUT2D eigenvalue weighted by Gasteiger charge is 2.01. The summed E-state index contributed by atoms with van der Waals surface area (Å²) in [6, 6.07) is 2.06. The molecule has 0 saturated heterocycles. The van der Waals surface area contributed by atoms with E-state index in [2.05, 4.69) is 27.6 Å². The van der Waals surface area contributed by atoms with Gasteiger partial charge in [0.2, 0.25) is 0 Å². The van der Waals surface area contributed by atoms with Gasteiger partial charge in [-0.3, -0.25) is 4.98 Å². The third kappa shape index (κ3) is 1.67. The number of nitrogens with two attached hydrogens (primary N) is 1. The standard InChI is InChI=1S/C7H9IN2/c1-5(9)6-2-3-10-4-7(6)8/h2-5H,9H2,1H3/t5-/m0/s1. The molecule has 0 aliphatic carbocycles. The van der Waals surface area contributed by atoms with Gasteiger partial charge in [0.15, 0.2) is 0 Å². The molecule has 0 fully saturated rings. The number of hydrogen-bond acceptors (Lipinski definition) is 2. The molecule has 2 nitrogen and oxygen atoms in total. The molecule has 0 amide bonds. The zero-order valence-electron chi connectivity index (χ0n) is 5.71. The highest BCUT2D eigenvalue weighted by molar-refractivity contribution is 14.1. The molecule has 1 aromatic rings. The molecule has 1 rings (SSSR count). The van der Waals surface area contributed by atoms with Crippen LogP contribution in [0.5, 0.6) is 0 Å². The summed E-state index contributed by atoms with van der Waals surface area (Å²) in [5, 5.41) is 0. The molecule has 1 aromatic heterocycles. The minimum absolute atomic E-state index is 0.106. The molecule has 0 aliphatic heterocycles. The summed E-state index contributed by atoms with van der Waals surface area (Å²) >= 11 is 2.23. The van der Waals surface area contributed by atoms with Crippen molar-refractivity contribution in [2.45, 2.75) is 13.0 Å². The number of hydrogen-bond donors (Lipinski definition) is 1. The second kappa shape index (κ2) is 3.30. The lowest BCUT2D eigenvalue weighted by Crippen LogP contribution is -2.06. The van der Waals surface area contributed by atoms with Gasteiger partial charge in [0.05, 0.1) is 0 Å². The van der Waals surface area contributed by atoms with Crippen LogP contribution in [0.1, 0.15) is 18.5 Å². The quantitative estimate of drug-likeness (QED) is 0.768. The molecule has 54 valence electrons. The molecule has 0 unspecified atom stereocenters. The molecular weight excluding hydrogens is 239 g/mol. The molecule has 0 spiro atoms. The van der Waals surface area contributed by atoms with E-state index in [4.69, 9.17) is 5.73 Å². The summed E-state index contributed by atoms with van der Waals surface area (Å²) in [6.07, 6.45) is 3.58. The van der Waals surface area contributed by atoms with E-state index >= 15 is 0 Å². The third-order valence-corrected chi connectivity index (χ3v) is 2.20. The van der Waals surface area contributed by atoms with Gasteiger partial charge in [-0.2, -0.15) is 0 Å². The number of aromatic nitrogens is 1. The van der Waals surface area contributed by atoms with E-state index in [1.165, 1.54) is 0 Å². The maximum Gasteiger partial charge on any atom is 0.0404 e. The van der Waals surface area contributed by atoms with Gasteiger partial charge in [0, 0.05) is 22.0 Å². The van der Waals surface area contributed by atoms with Crippen molar-refractivity contribution in [1.29, 1.82) is 0 Å². The van der Waals surface area contributed by atoms with Crippen molar-refractivity contribution < 1.29 is 0 Å². The average molecular weight is 248 g/mol. The highest BCUT2D eigenvalue weighted by Crippen LogP contribution is 2.15. The molecule has 1 heterocycles. The van der Waals surface area contributed by atoms with E-state index in [1.807, 2.05) is 19.2 Å². The van der Waals surface area contributed by atoms with Gasteiger partial charge >= 0.3 is 0 Å². The van der Waals surface area contributed by atoms with Crippen LogP contribution >= 0.6 is 22.6 Å². The van der Waals surface area contributed by atoms with E-state index in [1.54, 1.807) is 6.20 Å². The normalized spacial score (nSPS) is 13.1. The topological polar surface area (TPSA) is 38.9 Å². The Morgan fingerprint density at radius 1 is 1.70 bits per heavy atom. The first-order valence-corrected chi connectivity index (χ1v) is 4.14. The average Bonchev–Trinajstić information content (AvgIpc) is 1.88. The number of nitrogens with zero attached hydrogens (tertiary/aromatic N) is 1. The second-order valence-corrected chi connectivity index (χ2v) is 3.35. The minimum atomic E-state index is 0.106. The van der Waals surface area contributed by atoms with E-state index < -0.39 is 0 Å². The maximum absolute atomic E-state index is 5.68. The Labute approximate surface area is 74.0 Å². The Morgan fingerprint density at radius 3 is 2.80 bits per heavy atom. The molecular formula is C7H9IN2. The lowest BCUT2D eigenvalue weighted by Gasteiger charge is -2.05. The summed E-state index contributed by atoms with van der Waals surface area (Å²) in [4.78, 5) is 3.96. The summed E-state index contributed by atoms with van der Waals surface area (Å²) in [7, 11) is 0. The van der Waals surface area contributed by atoms with Crippen molar-refractivity contribution in [2.75, 3.05) is 0 Å². The predicted molar refractivity (Wildman–Crippen MR) is 49.6 cm³/mol. The van der Waals surface area contributed by atoms with Crippen molar-refractivity contribution in [3.05, 3.63) is 27.6 Å². The fourth-order valence-electron chi connectivity index (χ4n) is 0.755. The Balaban J connectivity index is 3.03. The molecule has 1 atom stereocenters. The number of pyridine rings is 1. The number of halogens is 1. The first-order valence-electron chi connectivity index (χ1n) is 3.07. The molecule has 0 aromatic carbocycles. The van der Waals surface area contributed by atoms with Gasteiger partial charge in [-0.15, -0.1) is 0 Å². The van der Waals surface area contributed by atoms with Crippen LogP contribution in [0, 0.1) is 3.57 Å². The first kappa shape index (κ1) is 7.94. The monoisotopic (exact) mass is 248 g/mol. The van der Waals surface area contributed by atoms with Crippen LogP contribution < -0.4 is 5.73 Å². The maximum atomic E-state index is 5.68. The zero-order valence-corrected chi connectivity index (χ0v) is 7.87. The van der Waals surface area contributed by atoms with Gasteiger partial charge in [-0.1, -0.05) is 0 Å². The van der Waals surface area contributed by atoms with Crippen LogP contribution in [-0.2, 0) is 0 Å². The zero-order chi connectivity index (χ0) is 7.56. The molecule has 2 N–H and O–H groups in total. The van der Waals surface area contributed by atoms with Crippen LogP contribution in [0.15, 0.2) is 18.5 Å². The van der Waals surface area contributed by atoms with E-state index in [-0.39, 0.29) is 6.04 Å². The molecule has 0 aliphatic rings. The first-order chi connectivity index (χ1) is 4.72. The van der Waals surface area contributed by atoms with Gasteiger partial charge < -0.3 is 5.73 Å². The van der Waals surface area contributed by atoms with Crippen molar-refractivity contribution in [3.63, 3.8) is 0 Å². The SMILES string of the molecule is C[C@H](N)c1ccncc1I. The van der Waals surface area contributed by atoms with Crippen LogP contribution in [0.4, 0.5) is 0 Å². The van der Waals surface area contributed by atoms with Crippen LogP contribution in [0.25, 0.3) is 0 Å². The predicted octanol–water partition coefficient (Wildman–Crippen LogP) is 1.71. The van der Waals surface area contributed by atoms with Gasteiger partial charge in [-0.05, 0) is 41.1 Å². The van der Waals surface area contributed by atoms with Crippen LogP contribution in [-0.4, -0.2) is 4.98 Å². The van der Waals surface area contributed by atoms with Crippen molar-refractivity contribution in [2.24, 2.45) is 5.73 Å². The Hall–Kier alpha value is -0.160. The van der Waals surface area contributed by atoms with E-state index in [0.29, 0.717) is 0 Å². The molecule has 0 bridgehead atoms. The summed E-state index contributed by atoms with van der Waals surface area (Å²) < 4.78 is 1.13. The fraction of sp³-hybridized carbons (Fsp3) is 0.286. The lowest BCUT2D eigenvalue weighted by atomic mass is 10.1. The molecule has 0 radical (unpaired) electrons. The third-order valence-electron chi connectivity index (χ3n) is 1.29. The van der Waals surface area contributed by atoms with Crippen LogP contribution in [0.2, 0.25) is 0 Å². The molecule has 10 heavy (non-hydrogen) atoms.